The zero-order chi connectivity index (χ0) is 8.01. The van der Waals surface area contributed by atoms with E-state index in [2.05, 4.69) is 37.6 Å². The van der Waals surface area contributed by atoms with E-state index in [1.165, 1.54) is 5.69 Å². The number of aryl methyl sites for hydroxylation is 2. The van der Waals surface area contributed by atoms with Gasteiger partial charge < -0.3 is 0 Å². The third-order valence-corrected chi connectivity index (χ3v) is 3.51. The van der Waals surface area contributed by atoms with Crippen molar-refractivity contribution in [2.24, 2.45) is 0 Å². The van der Waals surface area contributed by atoms with E-state index in [4.69, 9.17) is 0 Å². The third-order valence-electron chi connectivity index (χ3n) is 1.64. The molecule has 0 unspecified atom stereocenters. The third kappa shape index (κ3) is 0.929. The van der Waals surface area contributed by atoms with Gasteiger partial charge in [0, 0.05) is 11.1 Å². The maximum Gasteiger partial charge on any atom is 0.195 e. The molecule has 11 heavy (non-hydrogen) atoms. The van der Waals surface area contributed by atoms with Crippen LogP contribution in [0.25, 0.3) is 4.96 Å². The van der Waals surface area contributed by atoms with Gasteiger partial charge in [-0.05, 0) is 29.8 Å². The Hall–Kier alpha value is -0.350. The lowest BCUT2D eigenvalue weighted by atomic mass is 10.5. The van der Waals surface area contributed by atoms with Gasteiger partial charge in [-0.1, -0.05) is 0 Å². The number of hydrogen-bond donors (Lipinski definition) is 0. The summed E-state index contributed by atoms with van der Waals surface area (Å²) in [5, 5.41) is 2.10. The Morgan fingerprint density at radius 2 is 2.27 bits per heavy atom. The van der Waals surface area contributed by atoms with E-state index in [0.717, 1.165) is 15.3 Å². The van der Waals surface area contributed by atoms with E-state index >= 15 is 0 Å². The highest BCUT2D eigenvalue weighted by Gasteiger charge is 2.08. The van der Waals surface area contributed by atoms with Crippen LogP contribution in [0.1, 0.15) is 11.4 Å². The van der Waals surface area contributed by atoms with Gasteiger partial charge in [0.25, 0.3) is 0 Å². The van der Waals surface area contributed by atoms with E-state index < -0.39 is 0 Å². The molecule has 0 amide bonds. The van der Waals surface area contributed by atoms with Crippen LogP contribution < -0.4 is 0 Å². The second-order valence-corrected chi connectivity index (χ2v) is 4.07. The van der Waals surface area contributed by atoms with Crippen molar-refractivity contribution in [2.75, 3.05) is 0 Å². The predicted octanol–water partition coefficient (Wildman–Crippen LogP) is 2.78. The highest BCUT2D eigenvalue weighted by atomic mass is 79.9. The van der Waals surface area contributed by atoms with Crippen molar-refractivity contribution in [3.05, 3.63) is 21.4 Å². The van der Waals surface area contributed by atoms with Crippen LogP contribution in [-0.4, -0.2) is 9.38 Å². The van der Waals surface area contributed by atoms with Crippen LogP contribution in [0.15, 0.2) is 9.98 Å². The minimum absolute atomic E-state index is 1.06. The average Bonchev–Trinajstić information content (AvgIpc) is 2.41. The molecular formula is C7H7BrN2S. The molecule has 0 N–H and O–H groups in total. The Balaban J connectivity index is 2.95. The molecule has 0 bridgehead atoms. The maximum absolute atomic E-state index is 4.37. The summed E-state index contributed by atoms with van der Waals surface area (Å²) in [6.45, 7) is 4.08. The van der Waals surface area contributed by atoms with Crippen LogP contribution in [0.2, 0.25) is 0 Å². The van der Waals surface area contributed by atoms with E-state index in [-0.39, 0.29) is 0 Å². The van der Waals surface area contributed by atoms with Gasteiger partial charge in [-0.3, -0.25) is 4.40 Å². The fourth-order valence-electron chi connectivity index (χ4n) is 1.06. The molecule has 0 radical (unpaired) electrons. The molecule has 0 spiro atoms. The second-order valence-electron chi connectivity index (χ2n) is 2.48. The van der Waals surface area contributed by atoms with Crippen molar-refractivity contribution >= 4 is 32.2 Å². The van der Waals surface area contributed by atoms with Gasteiger partial charge in [0.2, 0.25) is 0 Å². The Kier molecular flexibility index (Phi) is 1.54. The summed E-state index contributed by atoms with van der Waals surface area (Å²) in [6, 6.07) is 0. The van der Waals surface area contributed by atoms with Crippen LogP contribution in [-0.2, 0) is 0 Å². The van der Waals surface area contributed by atoms with Crippen LogP contribution in [0.3, 0.4) is 0 Å². The van der Waals surface area contributed by atoms with Gasteiger partial charge in [0.15, 0.2) is 4.96 Å². The van der Waals surface area contributed by atoms with Crippen molar-refractivity contribution in [1.82, 2.24) is 9.38 Å². The molecule has 58 valence electrons. The number of imidazole rings is 1. The first-order valence-electron chi connectivity index (χ1n) is 3.29. The predicted molar refractivity (Wildman–Crippen MR) is 50.2 cm³/mol. The number of halogens is 1. The van der Waals surface area contributed by atoms with Gasteiger partial charge in [-0.15, -0.1) is 11.3 Å². The lowest BCUT2D eigenvalue weighted by Crippen LogP contribution is -1.82. The minimum Gasteiger partial charge on any atom is -0.282 e. The summed E-state index contributed by atoms with van der Waals surface area (Å²) in [5.41, 5.74) is 2.29. The molecule has 4 heteroatoms. The SMILES string of the molecule is Cc1nc2scc(C)n2c1Br. The number of fused-ring (bicyclic) bond motifs is 1. The van der Waals surface area contributed by atoms with E-state index in [0.29, 0.717) is 0 Å². The molecule has 0 saturated carbocycles. The molecule has 0 atom stereocenters. The fraction of sp³-hybridized carbons (Fsp3) is 0.286. The molecule has 0 aromatic carbocycles. The number of aromatic nitrogens is 2. The molecule has 2 aromatic heterocycles. The van der Waals surface area contributed by atoms with Crippen LogP contribution in [0.5, 0.6) is 0 Å². The van der Waals surface area contributed by atoms with Crippen molar-refractivity contribution < 1.29 is 0 Å². The fourth-order valence-corrected chi connectivity index (χ4v) is 2.63. The summed E-state index contributed by atoms with van der Waals surface area (Å²) < 4.78 is 3.19. The maximum atomic E-state index is 4.37. The molecule has 0 fully saturated rings. The van der Waals surface area contributed by atoms with Crippen molar-refractivity contribution in [3.8, 4) is 0 Å². The Labute approximate surface area is 77.0 Å². The molecule has 2 aromatic rings. The quantitative estimate of drug-likeness (QED) is 0.681. The highest BCUT2D eigenvalue weighted by Crippen LogP contribution is 2.23. The molecule has 2 nitrogen and oxygen atoms in total. The molecular weight excluding hydrogens is 224 g/mol. The first kappa shape index (κ1) is 7.31. The first-order chi connectivity index (χ1) is 5.20. The number of hydrogen-bond acceptors (Lipinski definition) is 2. The van der Waals surface area contributed by atoms with Crippen LogP contribution >= 0.6 is 27.3 Å². The van der Waals surface area contributed by atoms with Gasteiger partial charge in [0.1, 0.15) is 4.60 Å². The van der Waals surface area contributed by atoms with Gasteiger partial charge in [0.05, 0.1) is 5.69 Å². The standard InChI is InChI=1S/C7H7BrN2S/c1-4-3-11-7-9-5(2)6(8)10(4)7/h3H,1-2H3. The smallest absolute Gasteiger partial charge is 0.195 e. The van der Waals surface area contributed by atoms with Gasteiger partial charge in [-0.2, -0.15) is 0 Å². The Morgan fingerprint density at radius 1 is 1.55 bits per heavy atom. The summed E-state index contributed by atoms with van der Waals surface area (Å²) in [7, 11) is 0. The molecule has 0 saturated heterocycles. The number of nitrogens with zero attached hydrogens (tertiary/aromatic N) is 2. The normalized spacial score (nSPS) is 11.2. The largest absolute Gasteiger partial charge is 0.282 e. The summed E-state index contributed by atoms with van der Waals surface area (Å²) >= 11 is 5.16. The van der Waals surface area contributed by atoms with Crippen LogP contribution in [0.4, 0.5) is 0 Å². The van der Waals surface area contributed by atoms with Crippen molar-refractivity contribution in [1.29, 1.82) is 0 Å². The lowest BCUT2D eigenvalue weighted by Gasteiger charge is -1.90. The summed E-state index contributed by atoms with van der Waals surface area (Å²) in [6.07, 6.45) is 0. The molecule has 2 rings (SSSR count). The average molecular weight is 231 g/mol. The number of thiazole rings is 1. The molecule has 0 aliphatic carbocycles. The molecule has 0 aliphatic rings. The van der Waals surface area contributed by atoms with Crippen molar-refractivity contribution in [3.63, 3.8) is 0 Å². The van der Waals surface area contributed by atoms with E-state index in [1.54, 1.807) is 11.3 Å². The van der Waals surface area contributed by atoms with Crippen LogP contribution in [0, 0.1) is 13.8 Å². The van der Waals surface area contributed by atoms with Gasteiger partial charge >= 0.3 is 0 Å². The summed E-state index contributed by atoms with van der Waals surface area (Å²) in [5.74, 6) is 0. The molecule has 0 aliphatic heterocycles. The van der Waals surface area contributed by atoms with E-state index in [1.807, 2.05) is 6.92 Å². The first-order valence-corrected chi connectivity index (χ1v) is 4.96. The highest BCUT2D eigenvalue weighted by molar-refractivity contribution is 9.10. The monoisotopic (exact) mass is 230 g/mol. The van der Waals surface area contributed by atoms with E-state index in [9.17, 15) is 0 Å². The lowest BCUT2D eigenvalue weighted by molar-refractivity contribution is 1.09. The zero-order valence-electron chi connectivity index (χ0n) is 6.26. The Bertz CT molecular complexity index is 402. The Morgan fingerprint density at radius 3 is 2.91 bits per heavy atom. The van der Waals surface area contributed by atoms with Crippen molar-refractivity contribution in [2.45, 2.75) is 13.8 Å². The summed E-state index contributed by atoms with van der Waals surface area (Å²) in [4.78, 5) is 5.43. The number of rotatable bonds is 0. The molecule has 2 heterocycles. The second kappa shape index (κ2) is 2.32. The zero-order valence-corrected chi connectivity index (χ0v) is 8.66. The topological polar surface area (TPSA) is 17.3 Å². The minimum atomic E-state index is 1.06. The van der Waals surface area contributed by atoms with Gasteiger partial charge in [-0.25, -0.2) is 4.98 Å².